The summed E-state index contributed by atoms with van der Waals surface area (Å²) in [6.07, 6.45) is 3.04. The zero-order valence-electron chi connectivity index (χ0n) is 20.8. The summed E-state index contributed by atoms with van der Waals surface area (Å²) in [4.78, 5) is 38.5. The molecule has 1 saturated carbocycles. The molecule has 12 heteroatoms. The van der Waals surface area contributed by atoms with Gasteiger partial charge in [-0.3, -0.25) is 9.59 Å². The predicted octanol–water partition coefficient (Wildman–Crippen LogP) is 5.06. The maximum atomic E-state index is 12.8. The molecule has 1 aliphatic rings. The Bertz CT molecular complexity index is 1490. The number of pyridine rings is 1. The number of halogens is 1. The lowest BCUT2D eigenvalue weighted by Crippen LogP contribution is -2.42. The number of fused-ring (bicyclic) bond motifs is 1. The van der Waals surface area contributed by atoms with Crippen molar-refractivity contribution in [3.05, 3.63) is 46.4 Å². The van der Waals surface area contributed by atoms with Gasteiger partial charge in [-0.15, -0.1) is 0 Å². The summed E-state index contributed by atoms with van der Waals surface area (Å²) in [6.45, 7) is 7.39. The minimum absolute atomic E-state index is 0.0765. The topological polar surface area (TPSA) is 135 Å². The lowest BCUT2D eigenvalue weighted by atomic mass is 9.79. The quantitative estimate of drug-likeness (QED) is 0.309. The number of rotatable bonds is 6. The van der Waals surface area contributed by atoms with Gasteiger partial charge in [-0.1, -0.05) is 40.2 Å². The van der Waals surface area contributed by atoms with Crippen LogP contribution in [-0.4, -0.2) is 43.5 Å². The Hall–Kier alpha value is -3.57. The molecule has 0 saturated heterocycles. The summed E-state index contributed by atoms with van der Waals surface area (Å²) in [5.41, 5.74) is 0.429. The summed E-state index contributed by atoms with van der Waals surface area (Å²) in [5.74, 6) is 1.12. The minimum Gasteiger partial charge on any atom is -0.367 e. The minimum atomic E-state index is -0.408. The molecule has 10 nitrogen and oxygen atoms in total. The van der Waals surface area contributed by atoms with E-state index in [4.69, 9.17) is 16.1 Å². The molecule has 192 valence electrons. The molecule has 5 rings (SSSR count). The zero-order chi connectivity index (χ0) is 26.3. The number of aryl methyl sites for hydroxylation is 1. The highest BCUT2D eigenvalue weighted by molar-refractivity contribution is 7.18. The van der Waals surface area contributed by atoms with Gasteiger partial charge in [-0.2, -0.15) is 4.98 Å². The molecule has 0 bridgehead atoms. The Kier molecular flexibility index (Phi) is 6.59. The largest absolute Gasteiger partial charge is 0.367 e. The number of thiazole rings is 1. The molecule has 3 aromatic heterocycles. The number of anilines is 2. The third-order valence-corrected chi connectivity index (χ3v) is 7.27. The van der Waals surface area contributed by atoms with Gasteiger partial charge < -0.3 is 20.5 Å². The van der Waals surface area contributed by atoms with E-state index in [1.165, 1.54) is 0 Å². The van der Waals surface area contributed by atoms with Crippen molar-refractivity contribution < 1.29 is 14.1 Å². The van der Waals surface area contributed by atoms with E-state index < -0.39 is 5.54 Å². The Balaban J connectivity index is 1.21. The van der Waals surface area contributed by atoms with Gasteiger partial charge in [-0.25, -0.2) is 9.97 Å². The predicted molar refractivity (Wildman–Crippen MR) is 143 cm³/mol. The molecule has 1 aromatic carbocycles. The second-order valence-electron chi connectivity index (χ2n) is 10.1. The van der Waals surface area contributed by atoms with Crippen molar-refractivity contribution >= 4 is 56.5 Å². The Morgan fingerprint density at radius 3 is 2.65 bits per heavy atom. The van der Waals surface area contributed by atoms with E-state index in [-0.39, 0.29) is 33.8 Å². The summed E-state index contributed by atoms with van der Waals surface area (Å²) in [7, 11) is 0. The first-order valence-electron chi connectivity index (χ1n) is 11.8. The number of hydrogen-bond donors (Lipinski definition) is 3. The first-order chi connectivity index (χ1) is 17.6. The third kappa shape index (κ3) is 5.57. The molecule has 3 heterocycles. The monoisotopic (exact) mass is 539 g/mol. The van der Waals surface area contributed by atoms with Crippen LogP contribution in [-0.2, 0) is 4.79 Å². The van der Waals surface area contributed by atoms with Gasteiger partial charge in [0.1, 0.15) is 10.7 Å². The summed E-state index contributed by atoms with van der Waals surface area (Å²) in [5, 5.41) is 15.5. The van der Waals surface area contributed by atoms with E-state index in [2.05, 4.69) is 36.1 Å². The van der Waals surface area contributed by atoms with Gasteiger partial charge in [0.05, 0.1) is 0 Å². The first kappa shape index (κ1) is 25.1. The zero-order valence-corrected chi connectivity index (χ0v) is 22.3. The molecule has 0 radical (unpaired) electrons. The van der Waals surface area contributed by atoms with Crippen LogP contribution in [0.4, 0.5) is 10.9 Å². The molecule has 1 fully saturated rings. The average molecular weight is 540 g/mol. The van der Waals surface area contributed by atoms with E-state index in [0.29, 0.717) is 29.7 Å². The van der Waals surface area contributed by atoms with Crippen LogP contribution in [0.5, 0.6) is 0 Å². The summed E-state index contributed by atoms with van der Waals surface area (Å²) in [6, 6.07) is 7.96. The van der Waals surface area contributed by atoms with Crippen LogP contribution < -0.4 is 16.0 Å². The average Bonchev–Trinajstić information content (AvgIpc) is 3.39. The van der Waals surface area contributed by atoms with Crippen LogP contribution in [0.25, 0.3) is 22.2 Å². The number of nitrogens with one attached hydrogen (secondary N) is 3. The molecule has 0 spiro atoms. The molecule has 0 unspecified atom stereocenters. The van der Waals surface area contributed by atoms with Crippen LogP contribution in [0, 0.1) is 12.8 Å². The fourth-order valence-corrected chi connectivity index (χ4v) is 5.17. The van der Waals surface area contributed by atoms with Gasteiger partial charge in [0.25, 0.3) is 5.91 Å². The first-order valence-corrected chi connectivity index (χ1v) is 13.0. The maximum absolute atomic E-state index is 12.8. The van der Waals surface area contributed by atoms with E-state index in [9.17, 15) is 9.59 Å². The van der Waals surface area contributed by atoms with Crippen molar-refractivity contribution in [1.82, 2.24) is 25.4 Å². The van der Waals surface area contributed by atoms with Crippen LogP contribution >= 0.6 is 22.9 Å². The van der Waals surface area contributed by atoms with Crippen LogP contribution in [0.1, 0.15) is 49.2 Å². The molecule has 2 amide bonds. The van der Waals surface area contributed by atoms with Crippen LogP contribution in [0.3, 0.4) is 0 Å². The van der Waals surface area contributed by atoms with Gasteiger partial charge >= 0.3 is 0 Å². The summed E-state index contributed by atoms with van der Waals surface area (Å²) >= 11 is 7.21. The van der Waals surface area contributed by atoms with Crippen molar-refractivity contribution in [2.75, 3.05) is 10.6 Å². The van der Waals surface area contributed by atoms with E-state index in [0.717, 1.165) is 33.5 Å². The second-order valence-corrected chi connectivity index (χ2v) is 11.4. The molecular weight excluding hydrogens is 514 g/mol. The molecular formula is C25H26ClN7O3S. The van der Waals surface area contributed by atoms with Gasteiger partial charge in [0, 0.05) is 41.6 Å². The molecule has 4 aromatic rings. The number of benzene rings is 1. The van der Waals surface area contributed by atoms with Crippen molar-refractivity contribution in [2.24, 2.45) is 5.92 Å². The molecule has 0 aliphatic heterocycles. The number of carbonyl (C=O) groups excluding carboxylic acids is 2. The van der Waals surface area contributed by atoms with Crippen LogP contribution in [0.15, 0.2) is 35.0 Å². The van der Waals surface area contributed by atoms with Gasteiger partial charge in [-0.05, 0) is 51.1 Å². The molecule has 0 atom stereocenters. The lowest BCUT2D eigenvalue weighted by molar-refractivity contribution is -0.122. The highest BCUT2D eigenvalue weighted by Crippen LogP contribution is 2.35. The SMILES string of the molecule is Cc1nc(-c2ccc3ccnc(NC4CC(C(=O)Nc5nc(Cl)c(C(=O)NC(C)(C)C)s5)C4)c3c2)no1. The smallest absolute Gasteiger partial charge is 0.265 e. The van der Waals surface area contributed by atoms with Crippen LogP contribution in [0.2, 0.25) is 5.15 Å². The van der Waals surface area contributed by atoms with E-state index >= 15 is 0 Å². The van der Waals surface area contributed by atoms with Gasteiger partial charge in [0.15, 0.2) is 10.3 Å². The molecule has 1 aliphatic carbocycles. The second kappa shape index (κ2) is 9.71. The van der Waals surface area contributed by atoms with Crippen molar-refractivity contribution in [1.29, 1.82) is 0 Å². The number of hydrogen-bond acceptors (Lipinski definition) is 9. The molecule has 37 heavy (non-hydrogen) atoms. The normalized spacial score (nSPS) is 17.3. The fraction of sp³-hybridized carbons (Fsp3) is 0.360. The van der Waals surface area contributed by atoms with E-state index in [1.54, 1.807) is 13.1 Å². The van der Waals surface area contributed by atoms with Crippen molar-refractivity contribution in [2.45, 2.75) is 52.1 Å². The number of amides is 2. The van der Waals surface area contributed by atoms with Crippen molar-refractivity contribution in [3.63, 3.8) is 0 Å². The highest BCUT2D eigenvalue weighted by Gasteiger charge is 2.35. The standard InChI is InChI=1S/C25H26ClN7O3S/c1-12-28-20(33-36-12)14-6-5-13-7-8-27-21(17(13)11-14)29-16-9-15(10-16)22(34)31-24-30-19(26)18(37-24)23(35)32-25(2,3)4/h5-8,11,15-16H,9-10H2,1-4H3,(H,27,29)(H,32,35)(H,30,31,34). The number of carbonyl (C=O) groups is 2. The molecule has 3 N–H and O–H groups in total. The van der Waals surface area contributed by atoms with E-state index in [1.807, 2.05) is 45.0 Å². The fourth-order valence-electron chi connectivity index (χ4n) is 4.08. The Morgan fingerprint density at radius 1 is 1.16 bits per heavy atom. The Morgan fingerprint density at radius 2 is 1.95 bits per heavy atom. The number of aromatic nitrogens is 4. The van der Waals surface area contributed by atoms with Gasteiger partial charge in [0.2, 0.25) is 17.6 Å². The van der Waals surface area contributed by atoms with Crippen molar-refractivity contribution in [3.8, 4) is 11.4 Å². The lowest BCUT2D eigenvalue weighted by Gasteiger charge is -2.35. The highest BCUT2D eigenvalue weighted by atomic mass is 35.5. The Labute approximate surface area is 222 Å². The third-order valence-electron chi connectivity index (χ3n) is 5.91. The maximum Gasteiger partial charge on any atom is 0.265 e. The summed E-state index contributed by atoms with van der Waals surface area (Å²) < 4.78 is 5.11. The number of nitrogens with zero attached hydrogens (tertiary/aromatic N) is 4.